The predicted octanol–water partition coefficient (Wildman–Crippen LogP) is 4.48. The molecule has 3 aromatic rings. The number of hydrogen-bond donors (Lipinski definition) is 1. The van der Waals surface area contributed by atoms with E-state index >= 15 is 0 Å². The summed E-state index contributed by atoms with van der Waals surface area (Å²) >= 11 is 5.97. The second-order valence-corrected chi connectivity index (χ2v) is 9.59. The maximum atomic E-state index is 11.6. The van der Waals surface area contributed by atoms with Crippen LogP contribution in [-0.2, 0) is 12.6 Å². The van der Waals surface area contributed by atoms with Crippen molar-refractivity contribution in [3.8, 4) is 11.1 Å². The van der Waals surface area contributed by atoms with Gasteiger partial charge in [0, 0.05) is 35.7 Å². The summed E-state index contributed by atoms with van der Waals surface area (Å²) in [5.41, 5.74) is 5.47. The summed E-state index contributed by atoms with van der Waals surface area (Å²) in [4.78, 5) is 17.2. The number of para-hydroxylation sites is 1. The van der Waals surface area contributed by atoms with Gasteiger partial charge in [-0.1, -0.05) is 56.2 Å². The number of anilines is 3. The van der Waals surface area contributed by atoms with E-state index in [0.29, 0.717) is 5.56 Å². The van der Waals surface area contributed by atoms with Gasteiger partial charge in [-0.25, -0.2) is 4.79 Å². The van der Waals surface area contributed by atoms with Crippen LogP contribution in [0.3, 0.4) is 0 Å². The Morgan fingerprint density at radius 2 is 1.78 bits per heavy atom. The number of carboxylic acid groups (broad SMARTS) is 1. The van der Waals surface area contributed by atoms with E-state index in [1.807, 2.05) is 18.2 Å². The number of hydrogen-bond acceptors (Lipinski definition) is 4. The molecule has 1 N–H and O–H groups in total. The predicted molar refractivity (Wildman–Crippen MR) is 148 cm³/mol. The monoisotopic (exact) mass is 525 g/mol. The second kappa shape index (κ2) is 14.5. The van der Waals surface area contributed by atoms with Gasteiger partial charge in [0.1, 0.15) is 0 Å². The van der Waals surface area contributed by atoms with E-state index in [1.54, 1.807) is 12.1 Å². The summed E-state index contributed by atoms with van der Waals surface area (Å²) in [7, 11) is 0. The Morgan fingerprint density at radius 3 is 2.47 bits per heavy atom. The van der Waals surface area contributed by atoms with Crippen molar-refractivity contribution in [1.29, 1.82) is 0 Å². The van der Waals surface area contributed by atoms with E-state index < -0.39 is 5.97 Å². The molecule has 0 amide bonds. The molecule has 1 heterocycles. The van der Waals surface area contributed by atoms with Crippen LogP contribution in [0.1, 0.15) is 55.8 Å². The normalized spacial score (nSPS) is 13.2. The fourth-order valence-corrected chi connectivity index (χ4v) is 5.02. The molecule has 1 saturated heterocycles. The van der Waals surface area contributed by atoms with Crippen LogP contribution in [0, 0.1) is 6.42 Å². The fourth-order valence-electron chi connectivity index (χ4n) is 4.74. The molecular formula is C30H34KN2O2S-. The summed E-state index contributed by atoms with van der Waals surface area (Å²) in [6.07, 6.45) is 9.34. The quantitative estimate of drug-likeness (QED) is 0.183. The Kier molecular flexibility index (Phi) is 11.7. The number of piperidine rings is 1. The van der Waals surface area contributed by atoms with Gasteiger partial charge in [0.15, 0.2) is 0 Å². The van der Waals surface area contributed by atoms with Crippen molar-refractivity contribution >= 4 is 35.7 Å². The Morgan fingerprint density at radius 1 is 1.03 bits per heavy atom. The summed E-state index contributed by atoms with van der Waals surface area (Å²) in [5.74, 6) is -0.917. The van der Waals surface area contributed by atoms with Crippen LogP contribution in [0.2, 0.25) is 0 Å². The van der Waals surface area contributed by atoms with Crippen LogP contribution in [0.5, 0.6) is 0 Å². The topological polar surface area (TPSA) is 43.8 Å². The van der Waals surface area contributed by atoms with E-state index in [9.17, 15) is 9.90 Å². The summed E-state index contributed by atoms with van der Waals surface area (Å²) in [6, 6.07) is 21.9. The van der Waals surface area contributed by atoms with Crippen LogP contribution in [0.25, 0.3) is 11.1 Å². The molecule has 0 bridgehead atoms. The first-order chi connectivity index (χ1) is 17.1. The molecule has 6 heteroatoms. The minimum absolute atomic E-state index is 0. The molecular weight excluding hydrogens is 492 g/mol. The van der Waals surface area contributed by atoms with Crippen LogP contribution in [-0.4, -0.2) is 30.7 Å². The van der Waals surface area contributed by atoms with E-state index in [4.69, 9.17) is 12.6 Å². The molecule has 0 aliphatic carbocycles. The van der Waals surface area contributed by atoms with Gasteiger partial charge in [-0.3, -0.25) is 0 Å². The molecule has 1 aliphatic heterocycles. The van der Waals surface area contributed by atoms with E-state index in [2.05, 4.69) is 59.5 Å². The Hall–Kier alpha value is -1.41. The minimum atomic E-state index is -0.917. The van der Waals surface area contributed by atoms with Gasteiger partial charge in [-0.15, -0.1) is 6.54 Å². The Bertz CT molecular complexity index is 1130. The molecule has 0 unspecified atom stereocenters. The van der Waals surface area contributed by atoms with Gasteiger partial charge >= 0.3 is 57.4 Å². The largest absolute Gasteiger partial charge is 1.00 e. The SMILES string of the molecule is CCCC[CH-]CN(c1ccccc1)c1cc(N2CCCCC2)c(-c2cccc(C(=O)O)c2)cc1[S-].[K+]. The van der Waals surface area contributed by atoms with E-state index in [0.717, 1.165) is 72.0 Å². The number of carboxylic acids is 1. The summed E-state index contributed by atoms with van der Waals surface area (Å²) < 4.78 is 0. The average molecular weight is 526 g/mol. The van der Waals surface area contributed by atoms with Gasteiger partial charge in [-0.05, 0) is 55.2 Å². The van der Waals surface area contributed by atoms with Gasteiger partial charge in [0.25, 0.3) is 0 Å². The first kappa shape index (κ1) is 29.1. The van der Waals surface area contributed by atoms with Crippen molar-refractivity contribution < 1.29 is 61.3 Å². The molecule has 1 fully saturated rings. The molecule has 0 atom stereocenters. The molecule has 0 aromatic heterocycles. The number of carbonyl (C=O) groups is 1. The zero-order valence-corrected chi connectivity index (χ0v) is 25.4. The maximum absolute atomic E-state index is 11.6. The molecule has 0 radical (unpaired) electrons. The van der Waals surface area contributed by atoms with Gasteiger partial charge in [0.05, 0.1) is 5.56 Å². The van der Waals surface area contributed by atoms with E-state index in [1.165, 1.54) is 19.3 Å². The fraction of sp³-hybridized carbons (Fsp3) is 0.333. The third kappa shape index (κ3) is 7.33. The molecule has 0 spiro atoms. The number of aromatic carboxylic acids is 1. The first-order valence-corrected chi connectivity index (χ1v) is 13.1. The molecule has 4 nitrogen and oxygen atoms in total. The Balaban J connectivity index is 0.00000361. The van der Waals surface area contributed by atoms with Gasteiger partial charge in [-0.2, -0.15) is 11.3 Å². The zero-order valence-electron chi connectivity index (χ0n) is 21.5. The number of nitrogens with zero attached hydrogens (tertiary/aromatic N) is 2. The van der Waals surface area contributed by atoms with Crippen molar-refractivity contribution in [3.63, 3.8) is 0 Å². The molecule has 184 valence electrons. The van der Waals surface area contributed by atoms with Crippen molar-refractivity contribution in [1.82, 2.24) is 0 Å². The van der Waals surface area contributed by atoms with Gasteiger partial charge < -0.3 is 34.0 Å². The summed E-state index contributed by atoms with van der Waals surface area (Å²) in [5, 5.41) is 9.55. The van der Waals surface area contributed by atoms with Crippen LogP contribution >= 0.6 is 0 Å². The van der Waals surface area contributed by atoms with Crippen molar-refractivity contribution in [2.75, 3.05) is 29.4 Å². The van der Waals surface area contributed by atoms with Crippen LogP contribution in [0.15, 0.2) is 71.6 Å². The van der Waals surface area contributed by atoms with Crippen LogP contribution in [0.4, 0.5) is 17.1 Å². The standard InChI is InChI=1S/C30H35N2O2S.K/c1-2-3-4-11-19-32(25-15-7-5-8-16-25)28-22-27(31-17-9-6-10-18-31)26(21-29(28)35)23-13-12-14-24(20-23)30(33)34;/h5,7-8,11-16,20-22,35H,2-4,6,9-10,17-19H2,1H3,(H,33,34);/q-1;+1/p-1. The average Bonchev–Trinajstić information content (AvgIpc) is 2.90. The number of unbranched alkanes of at least 4 members (excludes halogenated alkanes) is 3. The second-order valence-electron chi connectivity index (χ2n) is 9.15. The third-order valence-corrected chi connectivity index (χ3v) is 6.95. The van der Waals surface area contributed by atoms with Crippen molar-refractivity contribution in [3.05, 3.63) is 78.7 Å². The number of benzene rings is 3. The first-order valence-electron chi connectivity index (χ1n) is 12.7. The third-order valence-electron chi connectivity index (χ3n) is 6.63. The minimum Gasteiger partial charge on any atom is -0.778 e. The summed E-state index contributed by atoms with van der Waals surface area (Å²) in [6.45, 7) is 5.00. The van der Waals surface area contributed by atoms with Crippen LogP contribution < -0.4 is 61.2 Å². The molecule has 1 aliphatic rings. The molecule has 4 rings (SSSR count). The van der Waals surface area contributed by atoms with Crippen molar-refractivity contribution in [2.24, 2.45) is 0 Å². The smallest absolute Gasteiger partial charge is 0.778 e. The molecule has 3 aromatic carbocycles. The molecule has 36 heavy (non-hydrogen) atoms. The molecule has 0 saturated carbocycles. The zero-order chi connectivity index (χ0) is 24.6. The van der Waals surface area contributed by atoms with Crippen molar-refractivity contribution in [2.45, 2.75) is 50.3 Å². The van der Waals surface area contributed by atoms with Gasteiger partial charge in [0.2, 0.25) is 0 Å². The maximum Gasteiger partial charge on any atom is 1.00 e. The number of rotatable bonds is 10. The Labute approximate surface area is 263 Å². The van der Waals surface area contributed by atoms with E-state index in [-0.39, 0.29) is 51.4 Å².